The zero-order valence-corrected chi connectivity index (χ0v) is 26.3. The molecule has 0 radical (unpaired) electrons. The number of thiophene rings is 1. The molecule has 0 spiro atoms. The molecule has 1 aliphatic carbocycles. The Labute approximate surface area is 261 Å². The molecule has 3 heterocycles. The lowest BCUT2D eigenvalue weighted by atomic mass is 9.91. The number of primary amides is 1. The average Bonchev–Trinajstić information content (AvgIpc) is 3.73. The van der Waals surface area contributed by atoms with Crippen molar-refractivity contribution in [3.8, 4) is 10.4 Å². The van der Waals surface area contributed by atoms with Gasteiger partial charge < -0.3 is 16.0 Å². The maximum atomic E-state index is 13.5. The number of aromatic nitrogens is 1. The Morgan fingerprint density at radius 3 is 2.30 bits per heavy atom. The van der Waals surface area contributed by atoms with Crippen LogP contribution in [0.2, 0.25) is 0 Å². The van der Waals surface area contributed by atoms with Crippen molar-refractivity contribution in [2.45, 2.75) is 52.0 Å². The maximum Gasteiger partial charge on any atom is 0.261 e. The molecule has 2 aromatic carbocycles. The van der Waals surface area contributed by atoms with Crippen molar-refractivity contribution in [1.29, 1.82) is 0 Å². The molecule has 6 rings (SSSR count). The highest BCUT2D eigenvalue weighted by molar-refractivity contribution is 7.17. The number of nitrogens with two attached hydrogens (primary N) is 1. The Hall–Kier alpha value is -4.37. The molecule has 3 N–H and O–H groups in total. The summed E-state index contributed by atoms with van der Waals surface area (Å²) in [7, 11) is 3.23. The van der Waals surface area contributed by atoms with Crippen molar-refractivity contribution in [1.82, 2.24) is 15.2 Å². The quantitative estimate of drug-likeness (QED) is 0.261. The minimum atomic E-state index is -0.668. The van der Waals surface area contributed by atoms with Crippen LogP contribution in [-0.4, -0.2) is 41.7 Å². The summed E-state index contributed by atoms with van der Waals surface area (Å²) in [6, 6.07) is 17.9. The van der Waals surface area contributed by atoms with Gasteiger partial charge in [-0.25, -0.2) is 4.39 Å². The average molecular weight is 613 g/mol. The van der Waals surface area contributed by atoms with Crippen molar-refractivity contribution in [3.05, 3.63) is 111 Å². The standard InChI is InChI=1S/C26H27FN4O3S.C9H10/c1-13(2)11-16-20(24(28)32)21(18-9-10-19(35-18)25(33)29-3)22-23(30-16)17(31(4)26(22)34)12-14-5-7-15(27)8-6-14;1-2-5-9-7-3-6-8(9)4-1/h5-10,13,17H,11-12H2,1-4H3,(H2,28,32)(H,29,33);1-2,4-5H,3,6-7H2. The zero-order valence-electron chi connectivity index (χ0n) is 25.4. The molecule has 1 unspecified atom stereocenters. The molecule has 7 nitrogen and oxygen atoms in total. The van der Waals surface area contributed by atoms with Crippen molar-refractivity contribution in [2.75, 3.05) is 14.1 Å². The molecule has 4 aromatic rings. The third-order valence-electron chi connectivity index (χ3n) is 8.12. The third kappa shape index (κ3) is 6.28. The lowest BCUT2D eigenvalue weighted by molar-refractivity contribution is 0.0773. The van der Waals surface area contributed by atoms with E-state index < -0.39 is 11.9 Å². The molecule has 3 amide bonds. The van der Waals surface area contributed by atoms with E-state index in [1.54, 1.807) is 54.4 Å². The second kappa shape index (κ2) is 13.1. The first-order chi connectivity index (χ1) is 21.1. The second-order valence-electron chi connectivity index (χ2n) is 11.7. The van der Waals surface area contributed by atoms with E-state index in [0.29, 0.717) is 45.1 Å². The van der Waals surface area contributed by atoms with Crippen LogP contribution < -0.4 is 11.1 Å². The Bertz CT molecular complexity index is 1690. The van der Waals surface area contributed by atoms with Gasteiger partial charge >= 0.3 is 0 Å². The number of fused-ring (bicyclic) bond motifs is 2. The van der Waals surface area contributed by atoms with Gasteiger partial charge in [0.1, 0.15) is 5.82 Å². The minimum absolute atomic E-state index is 0.182. The highest BCUT2D eigenvalue weighted by Gasteiger charge is 2.41. The Morgan fingerprint density at radius 2 is 1.70 bits per heavy atom. The number of carbonyl (C=O) groups excluding carboxylic acids is 3. The van der Waals surface area contributed by atoms with Crippen molar-refractivity contribution >= 4 is 29.1 Å². The lowest BCUT2D eigenvalue weighted by Gasteiger charge is -2.21. The van der Waals surface area contributed by atoms with Crippen LogP contribution in [0, 0.1) is 11.7 Å². The van der Waals surface area contributed by atoms with E-state index in [9.17, 15) is 18.8 Å². The van der Waals surface area contributed by atoms with Gasteiger partial charge in [-0.05, 0) is 79.0 Å². The van der Waals surface area contributed by atoms with E-state index in [-0.39, 0.29) is 29.1 Å². The Balaban J connectivity index is 0.000000361. The number of pyridine rings is 1. The first-order valence-corrected chi connectivity index (χ1v) is 15.7. The summed E-state index contributed by atoms with van der Waals surface area (Å²) < 4.78 is 13.4. The van der Waals surface area contributed by atoms with Gasteiger partial charge in [-0.3, -0.25) is 19.4 Å². The van der Waals surface area contributed by atoms with Gasteiger partial charge in [-0.15, -0.1) is 11.3 Å². The summed E-state index contributed by atoms with van der Waals surface area (Å²) in [6.45, 7) is 4.03. The summed E-state index contributed by atoms with van der Waals surface area (Å²) >= 11 is 1.19. The fourth-order valence-electron chi connectivity index (χ4n) is 5.97. The van der Waals surface area contributed by atoms with Crippen LogP contribution in [0.15, 0.2) is 60.7 Å². The predicted octanol–water partition coefficient (Wildman–Crippen LogP) is 6.15. The lowest BCUT2D eigenvalue weighted by Crippen LogP contribution is -2.24. The number of carbonyl (C=O) groups is 3. The van der Waals surface area contributed by atoms with Crippen LogP contribution in [0.1, 0.15) is 84.8 Å². The highest BCUT2D eigenvalue weighted by Crippen LogP contribution is 2.44. The molecule has 0 fully saturated rings. The number of amides is 3. The number of nitrogens with zero attached hydrogens (tertiary/aromatic N) is 2. The van der Waals surface area contributed by atoms with E-state index in [1.807, 2.05) is 13.8 Å². The number of nitrogens with one attached hydrogen (secondary N) is 1. The van der Waals surface area contributed by atoms with Crippen molar-refractivity contribution < 1.29 is 18.8 Å². The normalized spacial score (nSPS) is 15.1. The van der Waals surface area contributed by atoms with Crippen molar-refractivity contribution in [3.63, 3.8) is 0 Å². The first kappa shape index (κ1) is 31.1. The summed E-state index contributed by atoms with van der Waals surface area (Å²) in [4.78, 5) is 46.0. The van der Waals surface area contributed by atoms with Gasteiger partial charge in [0.25, 0.3) is 17.7 Å². The fraction of sp³-hybridized carbons (Fsp3) is 0.314. The molecule has 9 heteroatoms. The molecule has 0 bridgehead atoms. The smallest absolute Gasteiger partial charge is 0.261 e. The summed E-state index contributed by atoms with van der Waals surface area (Å²) in [5.74, 6) is -1.35. The number of aryl methyl sites for hydroxylation is 2. The largest absolute Gasteiger partial charge is 0.366 e. The number of benzene rings is 2. The topological polar surface area (TPSA) is 105 Å². The van der Waals surface area contributed by atoms with Gasteiger partial charge in [0.05, 0.1) is 33.4 Å². The minimum Gasteiger partial charge on any atom is -0.366 e. The molecule has 44 heavy (non-hydrogen) atoms. The molecular formula is C35H37FN4O3S. The van der Waals surface area contributed by atoms with Gasteiger partial charge in [0.15, 0.2) is 0 Å². The summed E-state index contributed by atoms with van der Waals surface area (Å²) in [5, 5.41) is 2.59. The van der Waals surface area contributed by atoms with E-state index in [4.69, 9.17) is 10.7 Å². The van der Waals surface area contributed by atoms with Gasteiger partial charge in [0.2, 0.25) is 0 Å². The number of hydrogen-bond donors (Lipinski definition) is 2. The van der Waals surface area contributed by atoms with E-state index in [1.165, 1.54) is 42.7 Å². The van der Waals surface area contributed by atoms with Gasteiger partial charge in [0, 0.05) is 24.5 Å². The number of likely N-dealkylation sites (N-methyl/N-ethyl adjacent to an activating group) is 1. The van der Waals surface area contributed by atoms with E-state index >= 15 is 0 Å². The molecule has 2 aromatic heterocycles. The molecular weight excluding hydrogens is 575 g/mol. The zero-order chi connectivity index (χ0) is 31.5. The van der Waals surface area contributed by atoms with Crippen LogP contribution in [0.5, 0.6) is 0 Å². The summed E-state index contributed by atoms with van der Waals surface area (Å²) in [5.41, 5.74) is 11.9. The van der Waals surface area contributed by atoms with Crippen LogP contribution in [-0.2, 0) is 25.7 Å². The van der Waals surface area contributed by atoms with Gasteiger partial charge in [-0.2, -0.15) is 0 Å². The Kier molecular flexibility index (Phi) is 9.25. The first-order valence-electron chi connectivity index (χ1n) is 14.9. The molecule has 1 atom stereocenters. The summed E-state index contributed by atoms with van der Waals surface area (Å²) in [6.07, 6.45) is 4.89. The highest BCUT2D eigenvalue weighted by atomic mass is 32.1. The number of halogens is 1. The number of hydrogen-bond acceptors (Lipinski definition) is 5. The van der Waals surface area contributed by atoms with Crippen LogP contribution >= 0.6 is 11.3 Å². The van der Waals surface area contributed by atoms with Crippen LogP contribution in [0.3, 0.4) is 0 Å². The molecule has 2 aliphatic rings. The SMILES string of the molecule is CNC(=O)c1ccc(-c2c(C(N)=O)c(CC(C)C)nc3c2C(=O)N(C)C3Cc2ccc(F)cc2)s1.c1ccc2c(c1)CCC2. The Morgan fingerprint density at radius 1 is 1.05 bits per heavy atom. The second-order valence-corrected chi connectivity index (χ2v) is 12.7. The monoisotopic (exact) mass is 612 g/mol. The number of rotatable bonds is 7. The molecule has 1 aliphatic heterocycles. The third-order valence-corrected chi connectivity index (χ3v) is 9.22. The van der Waals surface area contributed by atoms with E-state index in [0.717, 1.165) is 5.56 Å². The van der Waals surface area contributed by atoms with Crippen LogP contribution in [0.25, 0.3) is 10.4 Å². The predicted molar refractivity (Wildman–Crippen MR) is 171 cm³/mol. The fourth-order valence-corrected chi connectivity index (χ4v) is 6.98. The molecule has 0 saturated heterocycles. The molecule has 0 saturated carbocycles. The van der Waals surface area contributed by atoms with Gasteiger partial charge in [-0.1, -0.05) is 50.2 Å². The van der Waals surface area contributed by atoms with Crippen molar-refractivity contribution in [2.24, 2.45) is 11.7 Å². The van der Waals surface area contributed by atoms with Crippen LogP contribution in [0.4, 0.5) is 4.39 Å². The maximum absolute atomic E-state index is 13.5. The molecule has 228 valence electrons. The van der Waals surface area contributed by atoms with E-state index in [2.05, 4.69) is 29.6 Å².